The Hall–Kier alpha value is -1.89. The molecule has 0 aromatic heterocycles. The predicted molar refractivity (Wildman–Crippen MR) is 110 cm³/mol. The van der Waals surface area contributed by atoms with Crippen LogP contribution in [0, 0.1) is 17.8 Å². The van der Waals surface area contributed by atoms with E-state index >= 15 is 0 Å². The molecule has 2 saturated carbocycles. The molecular formula is C23H33N3O4. The predicted octanol–water partition coefficient (Wildman–Crippen LogP) is 1.52. The van der Waals surface area contributed by atoms with E-state index in [1.807, 2.05) is 26.0 Å². The molecule has 2 saturated heterocycles. The van der Waals surface area contributed by atoms with Gasteiger partial charge < -0.3 is 20.3 Å². The highest BCUT2D eigenvalue weighted by molar-refractivity contribution is 6.00. The summed E-state index contributed by atoms with van der Waals surface area (Å²) in [4.78, 5) is 41.8. The molecule has 2 N–H and O–H groups in total. The van der Waals surface area contributed by atoms with E-state index in [-0.39, 0.29) is 35.7 Å². The number of likely N-dealkylation sites (tertiary alicyclic amines) is 1. The first-order chi connectivity index (χ1) is 14.4. The maximum Gasteiger partial charge on any atom is 0.246 e. The van der Waals surface area contributed by atoms with Crippen molar-refractivity contribution in [3.05, 3.63) is 12.2 Å². The van der Waals surface area contributed by atoms with Crippen LogP contribution >= 0.6 is 0 Å². The summed E-state index contributed by atoms with van der Waals surface area (Å²) in [6, 6.07) is -0.321. The zero-order valence-electron chi connectivity index (χ0n) is 17.9. The van der Waals surface area contributed by atoms with Crippen molar-refractivity contribution in [3.63, 3.8) is 0 Å². The molecule has 0 radical (unpaired) electrons. The number of hydrogen-bond acceptors (Lipinski definition) is 4. The smallest absolute Gasteiger partial charge is 0.246 e. The molecule has 3 heterocycles. The van der Waals surface area contributed by atoms with E-state index in [4.69, 9.17) is 4.74 Å². The van der Waals surface area contributed by atoms with Crippen LogP contribution < -0.4 is 10.6 Å². The lowest BCUT2D eigenvalue weighted by Crippen LogP contribution is -2.57. The van der Waals surface area contributed by atoms with Crippen molar-refractivity contribution in [1.29, 1.82) is 0 Å². The molecule has 7 nitrogen and oxygen atoms in total. The van der Waals surface area contributed by atoms with Gasteiger partial charge in [0.25, 0.3) is 0 Å². The third-order valence-electron chi connectivity index (χ3n) is 7.36. The van der Waals surface area contributed by atoms with Crippen molar-refractivity contribution < 1.29 is 19.1 Å². The number of carbonyl (C=O) groups is 3. The minimum absolute atomic E-state index is 0.107. The summed E-state index contributed by atoms with van der Waals surface area (Å²) in [5, 5.41) is 6.27. The summed E-state index contributed by atoms with van der Waals surface area (Å²) in [6.45, 7) is 4.57. The molecule has 30 heavy (non-hydrogen) atoms. The molecule has 2 aliphatic carbocycles. The Bertz CT molecular complexity index is 770. The van der Waals surface area contributed by atoms with Crippen LogP contribution in [0.5, 0.6) is 0 Å². The highest BCUT2D eigenvalue weighted by Crippen LogP contribution is 2.55. The Labute approximate surface area is 178 Å². The van der Waals surface area contributed by atoms with Crippen LogP contribution in [0.15, 0.2) is 12.2 Å². The highest BCUT2D eigenvalue weighted by atomic mass is 16.5. The fourth-order valence-electron chi connectivity index (χ4n) is 5.91. The van der Waals surface area contributed by atoms with Gasteiger partial charge in [-0.05, 0) is 31.6 Å². The van der Waals surface area contributed by atoms with Gasteiger partial charge in [-0.3, -0.25) is 14.4 Å². The highest BCUT2D eigenvalue weighted by Gasteiger charge is 2.72. The second-order valence-electron chi connectivity index (χ2n) is 10.2. The van der Waals surface area contributed by atoms with Crippen LogP contribution in [0.2, 0.25) is 0 Å². The molecule has 0 aromatic rings. The van der Waals surface area contributed by atoms with Crippen molar-refractivity contribution >= 4 is 17.7 Å². The van der Waals surface area contributed by atoms with Gasteiger partial charge in [0.1, 0.15) is 11.6 Å². The van der Waals surface area contributed by atoms with Crippen LogP contribution in [0.3, 0.4) is 0 Å². The van der Waals surface area contributed by atoms with Gasteiger partial charge in [0.15, 0.2) is 0 Å². The summed E-state index contributed by atoms with van der Waals surface area (Å²) in [6.07, 6.45) is 10.8. The van der Waals surface area contributed by atoms with E-state index in [0.717, 1.165) is 38.5 Å². The molecular weight excluding hydrogens is 382 g/mol. The van der Waals surface area contributed by atoms with E-state index in [1.54, 1.807) is 4.90 Å². The number of nitrogens with zero attached hydrogens (tertiary/aromatic N) is 1. The lowest BCUT2D eigenvalue weighted by Gasteiger charge is -2.34. The fraction of sp³-hybridized carbons (Fsp3) is 0.783. The number of rotatable bonds is 6. The molecule has 3 aliphatic heterocycles. The van der Waals surface area contributed by atoms with E-state index in [2.05, 4.69) is 10.6 Å². The Morgan fingerprint density at radius 1 is 1.10 bits per heavy atom. The standard InChI is InChI=1S/C23H33N3O4/c1-13(2)12-26-19(21(28)25-14-6-4-3-5-7-14)23-11-10-16(30-23)17(18(23)22(26)29)20(27)24-15-8-9-15/h10-11,13-19H,3-9,12H2,1-2H3,(H,24,27)(H,25,28)/t16-,17+,18+,19-,23+/m1/s1. The van der Waals surface area contributed by atoms with Crippen molar-refractivity contribution in [3.8, 4) is 0 Å². The van der Waals surface area contributed by atoms with Gasteiger partial charge in [-0.1, -0.05) is 45.3 Å². The largest absolute Gasteiger partial charge is 0.359 e. The first kappa shape index (κ1) is 20.0. The summed E-state index contributed by atoms with van der Waals surface area (Å²) < 4.78 is 6.33. The molecule has 3 amide bonds. The van der Waals surface area contributed by atoms with Crippen molar-refractivity contribution in [2.45, 2.75) is 88.6 Å². The van der Waals surface area contributed by atoms with Crippen LogP contribution in [0.4, 0.5) is 0 Å². The maximum atomic E-state index is 13.6. The summed E-state index contributed by atoms with van der Waals surface area (Å²) in [7, 11) is 0. The van der Waals surface area contributed by atoms with Gasteiger partial charge in [-0.15, -0.1) is 0 Å². The van der Waals surface area contributed by atoms with Crippen LogP contribution in [-0.2, 0) is 19.1 Å². The zero-order chi connectivity index (χ0) is 21.0. The molecule has 164 valence electrons. The quantitative estimate of drug-likeness (QED) is 0.644. The average molecular weight is 416 g/mol. The first-order valence-corrected chi connectivity index (χ1v) is 11.7. The van der Waals surface area contributed by atoms with E-state index in [1.165, 1.54) is 6.42 Å². The number of ether oxygens (including phenoxy) is 1. The lowest BCUT2D eigenvalue weighted by molar-refractivity contribution is -0.142. The van der Waals surface area contributed by atoms with Crippen LogP contribution in [0.25, 0.3) is 0 Å². The third kappa shape index (κ3) is 3.17. The van der Waals surface area contributed by atoms with Crippen LogP contribution in [-0.4, -0.2) is 59.0 Å². The van der Waals surface area contributed by atoms with Gasteiger partial charge in [0.05, 0.1) is 17.9 Å². The van der Waals surface area contributed by atoms with Crippen molar-refractivity contribution in [1.82, 2.24) is 15.5 Å². The SMILES string of the molecule is CC(C)CN1C(=O)[C@@H]2[C@@H](C(=O)NC3CC3)[C@H]3C=C[C@@]2(O3)[C@H]1C(=O)NC1CCCCC1. The van der Waals surface area contributed by atoms with E-state index < -0.39 is 29.6 Å². The normalized spacial score (nSPS) is 37.7. The fourth-order valence-corrected chi connectivity index (χ4v) is 5.91. The summed E-state index contributed by atoms with van der Waals surface area (Å²) in [5.74, 6) is -1.31. The van der Waals surface area contributed by atoms with Gasteiger partial charge in [0, 0.05) is 18.6 Å². The monoisotopic (exact) mass is 415 g/mol. The Balaban J connectivity index is 1.44. The van der Waals surface area contributed by atoms with Crippen LogP contribution in [0.1, 0.15) is 58.8 Å². The number of fused-ring (bicyclic) bond motifs is 1. The van der Waals surface area contributed by atoms with Crippen molar-refractivity contribution in [2.24, 2.45) is 17.8 Å². The second kappa shape index (κ2) is 7.36. The molecule has 0 unspecified atom stereocenters. The molecule has 1 spiro atoms. The summed E-state index contributed by atoms with van der Waals surface area (Å²) >= 11 is 0. The minimum Gasteiger partial charge on any atom is -0.359 e. The van der Waals surface area contributed by atoms with Gasteiger partial charge >= 0.3 is 0 Å². The van der Waals surface area contributed by atoms with Gasteiger partial charge in [-0.25, -0.2) is 0 Å². The number of nitrogens with one attached hydrogen (secondary N) is 2. The number of hydrogen-bond donors (Lipinski definition) is 2. The molecule has 2 bridgehead atoms. The average Bonchev–Trinajstić information content (AvgIpc) is 3.25. The van der Waals surface area contributed by atoms with Crippen molar-refractivity contribution in [2.75, 3.05) is 6.54 Å². The Morgan fingerprint density at radius 2 is 1.77 bits per heavy atom. The Morgan fingerprint density at radius 3 is 2.43 bits per heavy atom. The van der Waals surface area contributed by atoms with E-state index in [0.29, 0.717) is 6.54 Å². The number of carbonyl (C=O) groups excluding carboxylic acids is 3. The summed E-state index contributed by atoms with van der Waals surface area (Å²) in [5.41, 5.74) is -1.03. The molecule has 5 atom stereocenters. The maximum absolute atomic E-state index is 13.6. The van der Waals surface area contributed by atoms with Gasteiger partial charge in [0.2, 0.25) is 17.7 Å². The molecule has 0 aromatic carbocycles. The molecule has 4 fully saturated rings. The molecule has 7 heteroatoms. The van der Waals surface area contributed by atoms with Gasteiger partial charge in [-0.2, -0.15) is 0 Å². The molecule has 5 aliphatic rings. The minimum atomic E-state index is -1.03. The second-order valence-corrected chi connectivity index (χ2v) is 10.2. The zero-order valence-corrected chi connectivity index (χ0v) is 17.9. The number of amides is 3. The topological polar surface area (TPSA) is 87.7 Å². The lowest BCUT2D eigenvalue weighted by atomic mass is 9.74. The third-order valence-corrected chi connectivity index (χ3v) is 7.36. The van der Waals surface area contributed by atoms with E-state index in [9.17, 15) is 14.4 Å². The molecule has 5 rings (SSSR count). The Kier molecular flexibility index (Phi) is 4.92. The first-order valence-electron chi connectivity index (χ1n) is 11.7.